The van der Waals surface area contributed by atoms with Crippen LogP contribution in [-0.2, 0) is 4.74 Å². The van der Waals surface area contributed by atoms with Gasteiger partial charge in [0.2, 0.25) is 0 Å². The van der Waals surface area contributed by atoms with E-state index in [0.29, 0.717) is 0 Å². The zero-order chi connectivity index (χ0) is 9.80. The molecule has 82 valence electrons. The van der Waals surface area contributed by atoms with Crippen molar-refractivity contribution in [2.75, 3.05) is 45.9 Å². The zero-order valence-corrected chi connectivity index (χ0v) is 8.82. The van der Waals surface area contributed by atoms with Crippen LogP contribution in [0.3, 0.4) is 0 Å². The van der Waals surface area contributed by atoms with E-state index in [1.807, 2.05) is 5.01 Å². The van der Waals surface area contributed by atoms with Crippen molar-refractivity contribution in [3.8, 4) is 0 Å². The second kappa shape index (κ2) is 5.07. The summed E-state index contributed by atoms with van der Waals surface area (Å²) in [4.78, 5) is 2.53. The molecule has 0 spiro atoms. The van der Waals surface area contributed by atoms with Crippen LogP contribution in [-0.4, -0.2) is 55.8 Å². The summed E-state index contributed by atoms with van der Waals surface area (Å²) in [7, 11) is 0. The van der Waals surface area contributed by atoms with E-state index in [4.69, 9.17) is 10.6 Å². The minimum absolute atomic E-state index is 0.855. The third kappa shape index (κ3) is 2.92. The summed E-state index contributed by atoms with van der Waals surface area (Å²) in [5.41, 5.74) is 0. The molecule has 2 N–H and O–H groups in total. The Morgan fingerprint density at radius 3 is 2.36 bits per heavy atom. The molecule has 2 saturated heterocycles. The fourth-order valence-corrected chi connectivity index (χ4v) is 2.28. The summed E-state index contributed by atoms with van der Waals surface area (Å²) in [6.45, 7) is 7.43. The third-order valence-corrected chi connectivity index (χ3v) is 3.27. The summed E-state index contributed by atoms with van der Waals surface area (Å²) >= 11 is 0. The monoisotopic (exact) mass is 199 g/mol. The van der Waals surface area contributed by atoms with Crippen molar-refractivity contribution in [2.45, 2.75) is 12.8 Å². The Balaban J connectivity index is 1.68. The number of morpholine rings is 1. The molecular formula is C10H21N3O. The maximum Gasteiger partial charge on any atom is 0.0594 e. The fraction of sp³-hybridized carbons (Fsp3) is 1.00. The SMILES string of the molecule is NN1CCC(CN2CCOCC2)CC1. The van der Waals surface area contributed by atoms with Gasteiger partial charge in [0.25, 0.3) is 0 Å². The molecule has 2 heterocycles. The lowest BCUT2D eigenvalue weighted by atomic mass is 9.97. The second-order valence-electron chi connectivity index (χ2n) is 4.39. The van der Waals surface area contributed by atoms with Gasteiger partial charge in [-0.1, -0.05) is 0 Å². The van der Waals surface area contributed by atoms with Gasteiger partial charge in [0.15, 0.2) is 0 Å². The second-order valence-corrected chi connectivity index (χ2v) is 4.39. The Morgan fingerprint density at radius 2 is 1.71 bits per heavy atom. The van der Waals surface area contributed by atoms with Gasteiger partial charge in [-0.3, -0.25) is 10.7 Å². The van der Waals surface area contributed by atoms with Crippen LogP contribution in [0.4, 0.5) is 0 Å². The highest BCUT2D eigenvalue weighted by Gasteiger charge is 2.20. The Labute approximate surface area is 86.0 Å². The first-order chi connectivity index (χ1) is 6.84. The van der Waals surface area contributed by atoms with Crippen LogP contribution in [0.2, 0.25) is 0 Å². The van der Waals surface area contributed by atoms with Crippen molar-refractivity contribution in [3.05, 3.63) is 0 Å². The van der Waals surface area contributed by atoms with Crippen LogP contribution >= 0.6 is 0 Å². The standard InChI is InChI=1S/C10H21N3O/c11-13-3-1-10(2-4-13)9-12-5-7-14-8-6-12/h10H,1-9,11H2. The Bertz CT molecular complexity index is 163. The first-order valence-corrected chi connectivity index (χ1v) is 5.64. The van der Waals surface area contributed by atoms with Gasteiger partial charge in [-0.2, -0.15) is 0 Å². The lowest BCUT2D eigenvalue weighted by Crippen LogP contribution is -2.44. The van der Waals surface area contributed by atoms with Crippen molar-refractivity contribution in [1.29, 1.82) is 0 Å². The van der Waals surface area contributed by atoms with Gasteiger partial charge in [-0.15, -0.1) is 0 Å². The van der Waals surface area contributed by atoms with Crippen molar-refractivity contribution in [3.63, 3.8) is 0 Å². The van der Waals surface area contributed by atoms with Crippen LogP contribution in [0.1, 0.15) is 12.8 Å². The Morgan fingerprint density at radius 1 is 1.07 bits per heavy atom. The third-order valence-electron chi connectivity index (χ3n) is 3.27. The van der Waals surface area contributed by atoms with Crippen LogP contribution in [0.25, 0.3) is 0 Å². The minimum atomic E-state index is 0.855. The average molecular weight is 199 g/mol. The lowest BCUT2D eigenvalue weighted by Gasteiger charge is -2.34. The first-order valence-electron chi connectivity index (χ1n) is 5.64. The van der Waals surface area contributed by atoms with E-state index in [2.05, 4.69) is 4.90 Å². The fourth-order valence-electron chi connectivity index (χ4n) is 2.28. The van der Waals surface area contributed by atoms with E-state index in [0.717, 1.165) is 45.3 Å². The molecule has 2 rings (SSSR count). The van der Waals surface area contributed by atoms with Crippen molar-refractivity contribution in [2.24, 2.45) is 11.8 Å². The van der Waals surface area contributed by atoms with Gasteiger partial charge < -0.3 is 4.74 Å². The number of nitrogens with zero attached hydrogens (tertiary/aromatic N) is 2. The summed E-state index contributed by atoms with van der Waals surface area (Å²) in [6.07, 6.45) is 2.52. The maximum atomic E-state index is 5.73. The van der Waals surface area contributed by atoms with Crippen LogP contribution < -0.4 is 5.84 Å². The van der Waals surface area contributed by atoms with Crippen LogP contribution in [0.15, 0.2) is 0 Å². The molecular weight excluding hydrogens is 178 g/mol. The van der Waals surface area contributed by atoms with Crippen molar-refractivity contribution in [1.82, 2.24) is 9.91 Å². The summed E-state index contributed by atoms with van der Waals surface area (Å²) in [5.74, 6) is 6.58. The number of hydrazine groups is 1. The van der Waals surface area contributed by atoms with Gasteiger partial charge in [0.1, 0.15) is 0 Å². The van der Waals surface area contributed by atoms with Gasteiger partial charge in [-0.25, -0.2) is 5.01 Å². The molecule has 0 aromatic heterocycles. The van der Waals surface area contributed by atoms with Crippen LogP contribution in [0, 0.1) is 5.92 Å². The molecule has 4 nitrogen and oxygen atoms in total. The molecule has 2 aliphatic heterocycles. The van der Waals surface area contributed by atoms with Crippen LogP contribution in [0.5, 0.6) is 0 Å². The molecule has 2 fully saturated rings. The van der Waals surface area contributed by atoms with Gasteiger partial charge in [0.05, 0.1) is 13.2 Å². The average Bonchev–Trinajstić information content (AvgIpc) is 2.23. The highest BCUT2D eigenvalue weighted by atomic mass is 16.5. The number of piperidine rings is 1. The molecule has 0 aromatic rings. The predicted octanol–water partition coefficient (Wildman–Crippen LogP) is -0.0957. The van der Waals surface area contributed by atoms with E-state index >= 15 is 0 Å². The zero-order valence-electron chi connectivity index (χ0n) is 8.82. The van der Waals surface area contributed by atoms with E-state index in [1.165, 1.54) is 19.4 Å². The Hall–Kier alpha value is -0.160. The normalized spacial score (nSPS) is 28.1. The highest BCUT2D eigenvalue weighted by Crippen LogP contribution is 2.16. The summed E-state index contributed by atoms with van der Waals surface area (Å²) in [6, 6.07) is 0. The van der Waals surface area contributed by atoms with Gasteiger partial charge in [0, 0.05) is 32.7 Å². The molecule has 2 aliphatic rings. The molecule has 0 saturated carbocycles. The molecule has 0 bridgehead atoms. The molecule has 0 aliphatic carbocycles. The molecule has 4 heteroatoms. The van der Waals surface area contributed by atoms with Crippen molar-refractivity contribution >= 4 is 0 Å². The molecule has 0 amide bonds. The number of hydrogen-bond acceptors (Lipinski definition) is 4. The quantitative estimate of drug-likeness (QED) is 0.631. The number of ether oxygens (including phenoxy) is 1. The Kier molecular flexibility index (Phi) is 3.75. The maximum absolute atomic E-state index is 5.73. The molecule has 0 unspecified atom stereocenters. The topological polar surface area (TPSA) is 41.7 Å². The molecule has 0 atom stereocenters. The predicted molar refractivity (Wildman–Crippen MR) is 55.7 cm³/mol. The van der Waals surface area contributed by atoms with Crippen molar-refractivity contribution < 1.29 is 4.74 Å². The molecule has 0 aromatic carbocycles. The minimum Gasteiger partial charge on any atom is -0.379 e. The van der Waals surface area contributed by atoms with Gasteiger partial charge in [-0.05, 0) is 18.8 Å². The first kappa shape index (κ1) is 10.4. The molecule has 14 heavy (non-hydrogen) atoms. The van der Waals surface area contributed by atoms with Gasteiger partial charge >= 0.3 is 0 Å². The number of rotatable bonds is 2. The smallest absolute Gasteiger partial charge is 0.0594 e. The highest BCUT2D eigenvalue weighted by molar-refractivity contribution is 4.73. The summed E-state index contributed by atoms with van der Waals surface area (Å²) < 4.78 is 5.34. The lowest BCUT2D eigenvalue weighted by molar-refractivity contribution is 0.0245. The largest absolute Gasteiger partial charge is 0.379 e. The number of nitrogens with two attached hydrogens (primary N) is 1. The van der Waals surface area contributed by atoms with E-state index in [1.54, 1.807) is 0 Å². The van der Waals surface area contributed by atoms with E-state index in [9.17, 15) is 0 Å². The molecule has 0 radical (unpaired) electrons. The number of hydrogen-bond donors (Lipinski definition) is 1. The van der Waals surface area contributed by atoms with E-state index in [-0.39, 0.29) is 0 Å². The summed E-state index contributed by atoms with van der Waals surface area (Å²) in [5, 5.41) is 1.94. The van der Waals surface area contributed by atoms with E-state index < -0.39 is 0 Å².